The van der Waals surface area contributed by atoms with Crippen LogP contribution in [0.5, 0.6) is 0 Å². The zero-order valence-electron chi connectivity index (χ0n) is 10.1. The van der Waals surface area contributed by atoms with E-state index < -0.39 is 10.0 Å². The smallest absolute Gasteiger partial charge is 0.243 e. The van der Waals surface area contributed by atoms with Gasteiger partial charge in [0.15, 0.2) is 0 Å². The SMILES string of the molecule is COC1CCN(S(=O)(=O)c2ccc(C)cc2)C1. The molecule has 1 aliphatic heterocycles. The van der Waals surface area contributed by atoms with Crippen molar-refractivity contribution in [1.82, 2.24) is 4.31 Å². The van der Waals surface area contributed by atoms with Crippen LogP contribution in [0.15, 0.2) is 29.2 Å². The summed E-state index contributed by atoms with van der Waals surface area (Å²) in [6.45, 7) is 2.93. The standard InChI is InChI=1S/C12H17NO3S/c1-10-3-5-12(6-4-10)17(14,15)13-8-7-11(9-13)16-2/h3-6,11H,7-9H2,1-2H3. The summed E-state index contributed by atoms with van der Waals surface area (Å²) < 4.78 is 31.2. The molecule has 2 rings (SSSR count). The van der Waals surface area contributed by atoms with Crippen LogP contribution in [0.25, 0.3) is 0 Å². The fourth-order valence-corrected chi connectivity index (χ4v) is 3.45. The lowest BCUT2D eigenvalue weighted by Crippen LogP contribution is -2.30. The molecule has 5 heteroatoms. The number of sulfonamides is 1. The first kappa shape index (κ1) is 12.5. The number of hydrogen-bond acceptors (Lipinski definition) is 3. The van der Waals surface area contributed by atoms with Crippen LogP contribution in [-0.4, -0.2) is 39.0 Å². The molecular formula is C12H17NO3S. The van der Waals surface area contributed by atoms with Crippen LogP contribution in [0.4, 0.5) is 0 Å². The van der Waals surface area contributed by atoms with E-state index in [9.17, 15) is 8.42 Å². The quantitative estimate of drug-likeness (QED) is 0.820. The highest BCUT2D eigenvalue weighted by Crippen LogP contribution is 2.22. The van der Waals surface area contributed by atoms with Gasteiger partial charge in [0.25, 0.3) is 0 Å². The number of benzene rings is 1. The molecule has 94 valence electrons. The molecule has 1 aliphatic rings. The summed E-state index contributed by atoms with van der Waals surface area (Å²) >= 11 is 0. The second kappa shape index (κ2) is 4.76. The van der Waals surface area contributed by atoms with Gasteiger partial charge >= 0.3 is 0 Å². The summed E-state index contributed by atoms with van der Waals surface area (Å²) in [7, 11) is -1.73. The molecule has 0 radical (unpaired) electrons. The molecule has 0 amide bonds. The molecule has 0 saturated carbocycles. The maximum atomic E-state index is 12.3. The van der Waals surface area contributed by atoms with E-state index in [1.54, 1.807) is 19.2 Å². The van der Waals surface area contributed by atoms with Crippen LogP contribution >= 0.6 is 0 Å². The molecule has 1 heterocycles. The van der Waals surface area contributed by atoms with Gasteiger partial charge in [0, 0.05) is 20.2 Å². The number of nitrogens with zero attached hydrogens (tertiary/aromatic N) is 1. The Morgan fingerprint density at radius 2 is 1.94 bits per heavy atom. The Bertz CT molecular complexity index is 481. The Labute approximate surface area is 102 Å². The van der Waals surface area contributed by atoms with Crippen molar-refractivity contribution in [2.45, 2.75) is 24.3 Å². The summed E-state index contributed by atoms with van der Waals surface area (Å²) in [4.78, 5) is 0.361. The highest BCUT2D eigenvalue weighted by Gasteiger charge is 2.32. The zero-order chi connectivity index (χ0) is 12.5. The van der Waals surface area contributed by atoms with Crippen LogP contribution < -0.4 is 0 Å². The van der Waals surface area contributed by atoms with Crippen LogP contribution in [-0.2, 0) is 14.8 Å². The van der Waals surface area contributed by atoms with Crippen molar-refractivity contribution in [3.63, 3.8) is 0 Å². The highest BCUT2D eigenvalue weighted by atomic mass is 32.2. The molecule has 17 heavy (non-hydrogen) atoms. The topological polar surface area (TPSA) is 46.6 Å². The number of methoxy groups -OCH3 is 1. The molecule has 1 fully saturated rings. The van der Waals surface area contributed by atoms with Gasteiger partial charge in [-0.15, -0.1) is 0 Å². The fraction of sp³-hybridized carbons (Fsp3) is 0.500. The molecule has 4 nitrogen and oxygen atoms in total. The predicted molar refractivity (Wildman–Crippen MR) is 65.4 cm³/mol. The molecule has 0 spiro atoms. The Balaban J connectivity index is 2.22. The van der Waals surface area contributed by atoms with Crippen molar-refractivity contribution in [3.8, 4) is 0 Å². The van der Waals surface area contributed by atoms with Gasteiger partial charge in [-0.3, -0.25) is 0 Å². The van der Waals surface area contributed by atoms with Gasteiger partial charge in [-0.2, -0.15) is 4.31 Å². The largest absolute Gasteiger partial charge is 0.380 e. The lowest BCUT2D eigenvalue weighted by Gasteiger charge is -2.16. The van der Waals surface area contributed by atoms with Crippen LogP contribution in [0.2, 0.25) is 0 Å². The minimum Gasteiger partial charge on any atom is -0.380 e. The third-order valence-corrected chi connectivity index (χ3v) is 4.98. The molecule has 1 unspecified atom stereocenters. The molecule has 1 aromatic carbocycles. The van der Waals surface area contributed by atoms with E-state index in [1.807, 2.05) is 19.1 Å². The third-order valence-electron chi connectivity index (χ3n) is 3.10. The molecule has 0 N–H and O–H groups in total. The molecule has 1 atom stereocenters. The van der Waals surface area contributed by atoms with Crippen molar-refractivity contribution in [1.29, 1.82) is 0 Å². The minimum atomic E-state index is -3.35. The lowest BCUT2D eigenvalue weighted by atomic mass is 10.2. The maximum Gasteiger partial charge on any atom is 0.243 e. The van der Waals surface area contributed by atoms with Gasteiger partial charge < -0.3 is 4.74 Å². The highest BCUT2D eigenvalue weighted by molar-refractivity contribution is 7.89. The van der Waals surface area contributed by atoms with E-state index >= 15 is 0 Å². The average Bonchev–Trinajstić information content (AvgIpc) is 2.78. The molecule has 1 aromatic rings. The molecule has 1 saturated heterocycles. The van der Waals surface area contributed by atoms with Gasteiger partial charge in [0.2, 0.25) is 10.0 Å². The first-order chi connectivity index (χ1) is 8.04. The maximum absolute atomic E-state index is 12.3. The van der Waals surface area contributed by atoms with E-state index in [4.69, 9.17) is 4.74 Å². The molecule has 0 aliphatic carbocycles. The van der Waals surface area contributed by atoms with Gasteiger partial charge in [0.05, 0.1) is 11.0 Å². The van der Waals surface area contributed by atoms with Gasteiger partial charge in [-0.05, 0) is 25.5 Å². The van der Waals surface area contributed by atoms with E-state index in [0.29, 0.717) is 18.0 Å². The first-order valence-corrected chi connectivity index (χ1v) is 7.07. The Morgan fingerprint density at radius 1 is 1.29 bits per heavy atom. The van der Waals surface area contributed by atoms with E-state index in [-0.39, 0.29) is 6.10 Å². The normalized spacial score (nSPS) is 21.9. The van der Waals surface area contributed by atoms with E-state index in [1.165, 1.54) is 4.31 Å². The van der Waals surface area contributed by atoms with Crippen LogP contribution in [0, 0.1) is 6.92 Å². The lowest BCUT2D eigenvalue weighted by molar-refractivity contribution is 0.115. The summed E-state index contributed by atoms with van der Waals surface area (Å²) in [5, 5.41) is 0. The summed E-state index contributed by atoms with van der Waals surface area (Å²) in [5.74, 6) is 0. The number of aryl methyl sites for hydroxylation is 1. The molecular weight excluding hydrogens is 238 g/mol. The van der Waals surface area contributed by atoms with Gasteiger partial charge in [0.1, 0.15) is 0 Å². The fourth-order valence-electron chi connectivity index (χ4n) is 1.97. The monoisotopic (exact) mass is 255 g/mol. The zero-order valence-corrected chi connectivity index (χ0v) is 10.9. The van der Waals surface area contributed by atoms with E-state index in [2.05, 4.69) is 0 Å². The minimum absolute atomic E-state index is 0.0234. The summed E-state index contributed by atoms with van der Waals surface area (Å²) in [5.41, 5.74) is 1.06. The van der Waals surface area contributed by atoms with Crippen LogP contribution in [0.1, 0.15) is 12.0 Å². The van der Waals surface area contributed by atoms with Crippen LogP contribution in [0.3, 0.4) is 0 Å². The Hall–Kier alpha value is -0.910. The second-order valence-electron chi connectivity index (χ2n) is 4.32. The molecule has 0 aromatic heterocycles. The predicted octanol–water partition coefficient (Wildman–Crippen LogP) is 1.40. The van der Waals surface area contributed by atoms with Crippen molar-refractivity contribution in [2.75, 3.05) is 20.2 Å². The van der Waals surface area contributed by atoms with Gasteiger partial charge in [-0.1, -0.05) is 17.7 Å². The van der Waals surface area contributed by atoms with Crippen molar-refractivity contribution in [3.05, 3.63) is 29.8 Å². The van der Waals surface area contributed by atoms with E-state index in [0.717, 1.165) is 12.0 Å². The average molecular weight is 255 g/mol. The summed E-state index contributed by atoms with van der Waals surface area (Å²) in [6.07, 6.45) is 0.789. The van der Waals surface area contributed by atoms with Gasteiger partial charge in [-0.25, -0.2) is 8.42 Å². The molecule has 0 bridgehead atoms. The number of hydrogen-bond donors (Lipinski definition) is 0. The van der Waals surface area contributed by atoms with Crippen molar-refractivity contribution >= 4 is 10.0 Å². The second-order valence-corrected chi connectivity index (χ2v) is 6.26. The Morgan fingerprint density at radius 3 is 2.47 bits per heavy atom. The summed E-state index contributed by atoms with van der Waals surface area (Å²) in [6, 6.07) is 6.95. The van der Waals surface area contributed by atoms with Crippen molar-refractivity contribution < 1.29 is 13.2 Å². The number of ether oxygens (including phenoxy) is 1. The number of rotatable bonds is 3. The third kappa shape index (κ3) is 2.51. The first-order valence-electron chi connectivity index (χ1n) is 5.63. The Kier molecular flexibility index (Phi) is 3.51. The van der Waals surface area contributed by atoms with Crippen molar-refractivity contribution in [2.24, 2.45) is 0 Å².